The second-order valence-corrected chi connectivity index (χ2v) is 7.46. The molecule has 0 aliphatic heterocycles. The normalized spacial score (nSPS) is 11.2. The second-order valence-electron chi connectivity index (χ2n) is 6.10. The molecule has 0 radical (unpaired) electrons. The molecule has 0 spiro atoms. The van der Waals surface area contributed by atoms with E-state index in [2.05, 4.69) is 15.5 Å². The minimum absolute atomic E-state index is 0.0639. The fourth-order valence-corrected chi connectivity index (χ4v) is 3.26. The first kappa shape index (κ1) is 19.6. The van der Waals surface area contributed by atoms with Crippen molar-refractivity contribution in [1.82, 2.24) is 15.1 Å². The number of aromatic nitrogens is 2. The van der Waals surface area contributed by atoms with E-state index in [0.717, 1.165) is 5.69 Å². The van der Waals surface area contributed by atoms with Crippen LogP contribution >= 0.6 is 23.4 Å². The van der Waals surface area contributed by atoms with E-state index in [1.165, 1.54) is 11.8 Å². The number of hydrogen-bond acceptors (Lipinski definition) is 6. The van der Waals surface area contributed by atoms with Crippen LogP contribution < -0.4 is 5.32 Å². The van der Waals surface area contributed by atoms with Crippen molar-refractivity contribution < 1.29 is 9.21 Å². The first-order chi connectivity index (χ1) is 11.9. The summed E-state index contributed by atoms with van der Waals surface area (Å²) in [7, 11) is 0. The Kier molecular flexibility index (Phi) is 7.13. The van der Waals surface area contributed by atoms with Crippen LogP contribution in [0.5, 0.6) is 0 Å². The third-order valence-electron chi connectivity index (χ3n) is 3.46. The van der Waals surface area contributed by atoms with Crippen molar-refractivity contribution in [2.75, 3.05) is 11.1 Å². The van der Waals surface area contributed by atoms with E-state index in [4.69, 9.17) is 16.0 Å². The predicted molar refractivity (Wildman–Crippen MR) is 101 cm³/mol. The smallest absolute Gasteiger partial charge is 0.277 e. The van der Waals surface area contributed by atoms with Crippen molar-refractivity contribution in [3.05, 3.63) is 35.2 Å². The maximum atomic E-state index is 12.3. The van der Waals surface area contributed by atoms with Crippen LogP contribution in [0.2, 0.25) is 5.02 Å². The summed E-state index contributed by atoms with van der Waals surface area (Å²) in [4.78, 5) is 14.2. The molecule has 0 saturated heterocycles. The Morgan fingerprint density at radius 1 is 1.20 bits per heavy atom. The lowest BCUT2D eigenvalue weighted by Crippen LogP contribution is -2.43. The predicted octanol–water partition coefficient (Wildman–Crippen LogP) is 4.07. The Balaban J connectivity index is 1.84. The van der Waals surface area contributed by atoms with Gasteiger partial charge in [0.05, 0.1) is 12.3 Å². The van der Waals surface area contributed by atoms with Crippen molar-refractivity contribution in [2.24, 2.45) is 0 Å². The monoisotopic (exact) mass is 382 g/mol. The number of rotatable bonds is 8. The number of amides is 1. The van der Waals surface area contributed by atoms with Gasteiger partial charge in [0.25, 0.3) is 5.22 Å². The van der Waals surface area contributed by atoms with Gasteiger partial charge in [-0.15, -0.1) is 10.2 Å². The molecule has 2 aromatic rings. The molecule has 6 nitrogen and oxygen atoms in total. The van der Waals surface area contributed by atoms with Crippen molar-refractivity contribution >= 4 is 35.0 Å². The molecule has 2 rings (SSSR count). The Labute approximate surface area is 157 Å². The molecular formula is C17H23ClN4O2S. The molecule has 1 N–H and O–H groups in total. The molecule has 0 saturated carbocycles. The molecule has 136 valence electrons. The topological polar surface area (TPSA) is 71.3 Å². The van der Waals surface area contributed by atoms with Gasteiger partial charge in [-0.2, -0.15) is 0 Å². The molecule has 1 aromatic heterocycles. The summed E-state index contributed by atoms with van der Waals surface area (Å²) in [6.07, 6.45) is 0. The van der Waals surface area contributed by atoms with E-state index in [-0.39, 0.29) is 23.7 Å². The Morgan fingerprint density at radius 3 is 2.44 bits per heavy atom. The summed E-state index contributed by atoms with van der Waals surface area (Å²) in [5.41, 5.74) is 0.913. The number of carbonyl (C=O) groups is 1. The maximum absolute atomic E-state index is 12.3. The third-order valence-corrected chi connectivity index (χ3v) is 4.51. The first-order valence-corrected chi connectivity index (χ1v) is 9.49. The van der Waals surface area contributed by atoms with Crippen molar-refractivity contribution in [3.8, 4) is 0 Å². The molecule has 8 heteroatoms. The number of thioether (sulfide) groups is 1. The molecule has 1 heterocycles. The van der Waals surface area contributed by atoms with Crippen LogP contribution in [0.3, 0.4) is 0 Å². The first-order valence-electron chi connectivity index (χ1n) is 8.12. The zero-order chi connectivity index (χ0) is 18.4. The molecule has 1 aromatic carbocycles. The van der Waals surface area contributed by atoms with Gasteiger partial charge in [-0.05, 0) is 52.0 Å². The quantitative estimate of drug-likeness (QED) is 0.694. The largest absolute Gasteiger partial charge is 0.414 e. The number of benzene rings is 1. The van der Waals surface area contributed by atoms with Gasteiger partial charge in [0.2, 0.25) is 11.8 Å². The number of hydrogen-bond donors (Lipinski definition) is 1. The van der Waals surface area contributed by atoms with E-state index >= 15 is 0 Å². The Bertz CT molecular complexity index is 680. The zero-order valence-electron chi connectivity index (χ0n) is 14.8. The minimum atomic E-state index is 0.0639. The van der Waals surface area contributed by atoms with Crippen LogP contribution in [0.25, 0.3) is 0 Å². The summed E-state index contributed by atoms with van der Waals surface area (Å²) < 4.78 is 5.56. The van der Waals surface area contributed by atoms with Gasteiger partial charge in [-0.25, -0.2) is 0 Å². The number of anilines is 1. The van der Waals surface area contributed by atoms with Crippen LogP contribution in [0.15, 0.2) is 33.9 Å². The molecular weight excluding hydrogens is 360 g/mol. The van der Waals surface area contributed by atoms with Gasteiger partial charge in [0.15, 0.2) is 0 Å². The lowest BCUT2D eigenvalue weighted by molar-refractivity contribution is -0.131. The van der Waals surface area contributed by atoms with Gasteiger partial charge in [0, 0.05) is 22.8 Å². The lowest BCUT2D eigenvalue weighted by atomic mass is 10.2. The van der Waals surface area contributed by atoms with E-state index in [9.17, 15) is 4.79 Å². The summed E-state index contributed by atoms with van der Waals surface area (Å²) >= 11 is 7.11. The van der Waals surface area contributed by atoms with Gasteiger partial charge in [0.1, 0.15) is 0 Å². The average Bonchev–Trinajstić information content (AvgIpc) is 2.99. The van der Waals surface area contributed by atoms with Crippen LogP contribution in [-0.2, 0) is 11.3 Å². The standard InChI is InChI=1S/C17H23ClN4O2S/c1-11(2)22(12(3)4)16(23)10-25-17-21-20-15(24-17)9-19-14-7-5-13(18)6-8-14/h5-8,11-12,19H,9-10H2,1-4H3. The van der Waals surface area contributed by atoms with Crippen molar-refractivity contribution in [3.63, 3.8) is 0 Å². The highest BCUT2D eigenvalue weighted by atomic mass is 35.5. The minimum Gasteiger partial charge on any atom is -0.414 e. The molecule has 0 atom stereocenters. The molecule has 25 heavy (non-hydrogen) atoms. The molecule has 0 aliphatic carbocycles. The van der Waals surface area contributed by atoms with Crippen molar-refractivity contribution in [2.45, 2.75) is 51.5 Å². The fraction of sp³-hybridized carbons (Fsp3) is 0.471. The molecule has 0 aliphatic rings. The maximum Gasteiger partial charge on any atom is 0.277 e. The van der Waals surface area contributed by atoms with Gasteiger partial charge in [-0.1, -0.05) is 23.4 Å². The van der Waals surface area contributed by atoms with Crippen molar-refractivity contribution in [1.29, 1.82) is 0 Å². The highest BCUT2D eigenvalue weighted by Crippen LogP contribution is 2.19. The molecule has 0 unspecified atom stereocenters. The van der Waals surface area contributed by atoms with E-state index in [1.54, 1.807) is 12.1 Å². The lowest BCUT2D eigenvalue weighted by Gasteiger charge is -2.30. The van der Waals surface area contributed by atoms with Gasteiger partial charge in [-0.3, -0.25) is 4.79 Å². The number of carbonyl (C=O) groups excluding carboxylic acids is 1. The Morgan fingerprint density at radius 2 is 1.84 bits per heavy atom. The number of nitrogens with zero attached hydrogens (tertiary/aromatic N) is 3. The van der Waals surface area contributed by atoms with E-state index < -0.39 is 0 Å². The van der Waals surface area contributed by atoms with Gasteiger partial charge < -0.3 is 14.6 Å². The SMILES string of the molecule is CC(C)N(C(=O)CSc1nnc(CNc2ccc(Cl)cc2)o1)C(C)C. The summed E-state index contributed by atoms with van der Waals surface area (Å²) in [5.74, 6) is 0.811. The zero-order valence-corrected chi connectivity index (χ0v) is 16.4. The van der Waals surface area contributed by atoms with Crippen LogP contribution in [0, 0.1) is 0 Å². The number of nitrogens with one attached hydrogen (secondary N) is 1. The van der Waals surface area contributed by atoms with Crippen LogP contribution in [0.1, 0.15) is 33.6 Å². The number of halogens is 1. The van der Waals surface area contributed by atoms with Crippen LogP contribution in [-0.4, -0.2) is 38.8 Å². The molecule has 1 amide bonds. The van der Waals surface area contributed by atoms with Gasteiger partial charge >= 0.3 is 0 Å². The Hall–Kier alpha value is -1.73. The van der Waals surface area contributed by atoms with E-state index in [1.807, 2.05) is 44.7 Å². The molecule has 0 bridgehead atoms. The highest BCUT2D eigenvalue weighted by molar-refractivity contribution is 7.99. The fourth-order valence-electron chi connectivity index (χ4n) is 2.48. The summed E-state index contributed by atoms with van der Waals surface area (Å²) in [6, 6.07) is 7.68. The average molecular weight is 383 g/mol. The summed E-state index contributed by atoms with van der Waals surface area (Å²) in [5, 5.41) is 12.2. The second kappa shape index (κ2) is 9.10. The molecule has 0 fully saturated rings. The van der Waals surface area contributed by atoms with E-state index in [0.29, 0.717) is 22.7 Å². The highest BCUT2D eigenvalue weighted by Gasteiger charge is 2.21. The third kappa shape index (κ3) is 5.93. The summed E-state index contributed by atoms with van der Waals surface area (Å²) in [6.45, 7) is 8.45. The van der Waals surface area contributed by atoms with Crippen LogP contribution in [0.4, 0.5) is 5.69 Å².